The topological polar surface area (TPSA) is 21.3 Å². The van der Waals surface area contributed by atoms with E-state index < -0.39 is 0 Å². The van der Waals surface area contributed by atoms with Crippen molar-refractivity contribution in [2.45, 2.75) is 0 Å². The lowest BCUT2D eigenvalue weighted by molar-refractivity contribution is 0.669. The van der Waals surface area contributed by atoms with Crippen molar-refractivity contribution in [1.82, 2.24) is 4.57 Å². The SMILES string of the molecule is c1ccc(-c2ccc(N(c3ccc4c5ccccc5n(-c5ccccc5)c4c3)c3cc4oc5ccc6ccc7cccc8c7c6c5c4c4c-8cccc34)cc2)cc1. The molecule has 264 valence electrons. The zero-order valence-electron chi connectivity index (χ0n) is 30.8. The number of rotatable bonds is 5. The number of hydrogen-bond donors (Lipinski definition) is 0. The molecule has 12 aromatic rings. The predicted octanol–water partition coefficient (Wildman–Crippen LogP) is 15.3. The Labute approximate surface area is 327 Å². The van der Waals surface area contributed by atoms with Crippen molar-refractivity contribution < 1.29 is 4.42 Å². The van der Waals surface area contributed by atoms with E-state index in [1.807, 2.05) is 0 Å². The average molecular weight is 725 g/mol. The highest BCUT2D eigenvalue weighted by molar-refractivity contribution is 6.38. The lowest BCUT2D eigenvalue weighted by Crippen LogP contribution is -2.11. The van der Waals surface area contributed by atoms with Crippen LogP contribution in [0.15, 0.2) is 199 Å². The van der Waals surface area contributed by atoms with Crippen molar-refractivity contribution >= 4 is 93.1 Å². The van der Waals surface area contributed by atoms with Crippen molar-refractivity contribution in [3.63, 3.8) is 0 Å². The Morgan fingerprint density at radius 2 is 1.00 bits per heavy atom. The maximum atomic E-state index is 6.94. The number of furan rings is 1. The third-order valence-corrected chi connectivity index (χ3v) is 12.3. The third kappa shape index (κ3) is 4.26. The molecule has 2 aromatic heterocycles. The highest BCUT2D eigenvalue weighted by Crippen LogP contribution is 2.53. The van der Waals surface area contributed by atoms with E-state index in [0.29, 0.717) is 0 Å². The number of fused-ring (bicyclic) bond motifs is 4. The van der Waals surface area contributed by atoms with Gasteiger partial charge in [-0.15, -0.1) is 0 Å². The van der Waals surface area contributed by atoms with E-state index in [-0.39, 0.29) is 0 Å². The van der Waals surface area contributed by atoms with E-state index in [0.717, 1.165) is 39.4 Å². The molecule has 2 heterocycles. The Bertz CT molecular complexity index is 3610. The first-order valence-corrected chi connectivity index (χ1v) is 19.6. The summed E-state index contributed by atoms with van der Waals surface area (Å²) < 4.78 is 9.33. The van der Waals surface area contributed by atoms with Gasteiger partial charge in [0.15, 0.2) is 0 Å². The monoisotopic (exact) mass is 724 g/mol. The minimum absolute atomic E-state index is 0.891. The molecule has 0 amide bonds. The molecule has 1 aliphatic rings. The molecule has 3 heteroatoms. The normalized spacial score (nSPS) is 12.2. The lowest BCUT2D eigenvalue weighted by atomic mass is 9.92. The van der Waals surface area contributed by atoms with Crippen LogP contribution in [0, 0.1) is 0 Å². The quantitative estimate of drug-likeness (QED) is 0.165. The average Bonchev–Trinajstić information content (AvgIpc) is 3.78. The zero-order chi connectivity index (χ0) is 37.2. The highest BCUT2D eigenvalue weighted by Gasteiger charge is 2.27. The molecule has 0 saturated heterocycles. The standard InChI is InChI=1S/C54H32N2O/c1-3-11-33(12-4-1)34-23-26-38(27-24-34)55(39-28-29-41-40-16-7-8-20-45(40)56(46(41)31-39)37-14-5-2-6-15-37)47-32-49-54-52-43(18-10-19-44(47)52)42-17-9-13-35-21-22-36-25-30-48(57-49)53(54)51(36)50(35)42/h1-32H. The van der Waals surface area contributed by atoms with E-state index in [2.05, 4.69) is 204 Å². The summed E-state index contributed by atoms with van der Waals surface area (Å²) in [5.41, 5.74) is 13.4. The second-order valence-corrected chi connectivity index (χ2v) is 15.2. The van der Waals surface area contributed by atoms with Gasteiger partial charge in [0, 0.05) is 60.8 Å². The third-order valence-electron chi connectivity index (χ3n) is 12.3. The van der Waals surface area contributed by atoms with E-state index in [1.165, 1.54) is 81.6 Å². The maximum Gasteiger partial charge on any atom is 0.138 e. The molecule has 0 unspecified atom stereocenters. The summed E-state index contributed by atoms with van der Waals surface area (Å²) >= 11 is 0. The van der Waals surface area contributed by atoms with Crippen LogP contribution in [-0.2, 0) is 0 Å². The lowest BCUT2D eigenvalue weighted by Gasteiger charge is -2.28. The van der Waals surface area contributed by atoms with E-state index in [9.17, 15) is 0 Å². The van der Waals surface area contributed by atoms with Gasteiger partial charge < -0.3 is 13.9 Å². The maximum absolute atomic E-state index is 6.94. The molecular weight excluding hydrogens is 693 g/mol. The molecular formula is C54H32N2O. The van der Waals surface area contributed by atoms with Gasteiger partial charge in [0.2, 0.25) is 0 Å². The Hall–Kier alpha value is -7.62. The minimum Gasteiger partial charge on any atom is -0.456 e. The van der Waals surface area contributed by atoms with Gasteiger partial charge in [0.25, 0.3) is 0 Å². The fraction of sp³-hybridized carbons (Fsp3) is 0. The first-order chi connectivity index (χ1) is 28.3. The van der Waals surface area contributed by atoms with Crippen molar-refractivity contribution in [2.24, 2.45) is 0 Å². The van der Waals surface area contributed by atoms with Gasteiger partial charge in [0.1, 0.15) is 11.2 Å². The van der Waals surface area contributed by atoms with Crippen LogP contribution in [0.5, 0.6) is 0 Å². The van der Waals surface area contributed by atoms with Crippen LogP contribution in [0.3, 0.4) is 0 Å². The number of anilines is 3. The van der Waals surface area contributed by atoms with Gasteiger partial charge in [-0.1, -0.05) is 140 Å². The Morgan fingerprint density at radius 1 is 0.368 bits per heavy atom. The minimum atomic E-state index is 0.891. The summed E-state index contributed by atoms with van der Waals surface area (Å²) in [7, 11) is 0. The predicted molar refractivity (Wildman–Crippen MR) is 240 cm³/mol. The number of hydrogen-bond acceptors (Lipinski definition) is 2. The van der Waals surface area contributed by atoms with Crippen LogP contribution >= 0.6 is 0 Å². The highest BCUT2D eigenvalue weighted by atomic mass is 16.3. The molecule has 13 rings (SSSR count). The first kappa shape index (κ1) is 30.7. The molecule has 1 aliphatic carbocycles. The van der Waals surface area contributed by atoms with Crippen molar-refractivity contribution in [2.75, 3.05) is 4.90 Å². The molecule has 0 fully saturated rings. The molecule has 0 atom stereocenters. The summed E-state index contributed by atoms with van der Waals surface area (Å²) in [6.07, 6.45) is 0. The number of benzene rings is 10. The van der Waals surface area contributed by atoms with Crippen LogP contribution in [0.1, 0.15) is 0 Å². The molecule has 0 bridgehead atoms. The zero-order valence-corrected chi connectivity index (χ0v) is 30.8. The summed E-state index contributed by atoms with van der Waals surface area (Å²) in [5.74, 6) is 0. The van der Waals surface area contributed by atoms with E-state index in [4.69, 9.17) is 4.42 Å². The Morgan fingerprint density at radius 3 is 1.84 bits per heavy atom. The second kappa shape index (κ2) is 11.5. The number of aromatic nitrogens is 1. The van der Waals surface area contributed by atoms with Crippen molar-refractivity contribution in [1.29, 1.82) is 0 Å². The second-order valence-electron chi connectivity index (χ2n) is 15.2. The fourth-order valence-corrected chi connectivity index (χ4v) is 9.84. The molecule has 0 N–H and O–H groups in total. The van der Waals surface area contributed by atoms with E-state index in [1.54, 1.807) is 0 Å². The van der Waals surface area contributed by atoms with Gasteiger partial charge in [-0.05, 0) is 86.9 Å². The first-order valence-electron chi connectivity index (χ1n) is 19.6. The molecule has 57 heavy (non-hydrogen) atoms. The molecule has 0 saturated carbocycles. The van der Waals surface area contributed by atoms with Gasteiger partial charge in [-0.3, -0.25) is 0 Å². The van der Waals surface area contributed by atoms with Gasteiger partial charge in [0.05, 0.1) is 16.7 Å². The summed E-state index contributed by atoms with van der Waals surface area (Å²) in [4.78, 5) is 2.43. The fourth-order valence-electron chi connectivity index (χ4n) is 9.84. The Kier molecular flexibility index (Phi) is 6.16. The Balaban J connectivity index is 1.14. The van der Waals surface area contributed by atoms with E-state index >= 15 is 0 Å². The van der Waals surface area contributed by atoms with Crippen molar-refractivity contribution in [3.05, 3.63) is 194 Å². The molecule has 3 nitrogen and oxygen atoms in total. The van der Waals surface area contributed by atoms with Gasteiger partial charge in [-0.2, -0.15) is 0 Å². The van der Waals surface area contributed by atoms with Crippen LogP contribution in [-0.4, -0.2) is 4.57 Å². The van der Waals surface area contributed by atoms with Gasteiger partial charge in [-0.25, -0.2) is 0 Å². The smallest absolute Gasteiger partial charge is 0.138 e. The van der Waals surface area contributed by atoms with Crippen LogP contribution in [0.25, 0.3) is 104 Å². The summed E-state index contributed by atoms with van der Waals surface area (Å²) in [6, 6.07) is 70.7. The van der Waals surface area contributed by atoms with Gasteiger partial charge >= 0.3 is 0 Å². The van der Waals surface area contributed by atoms with Crippen LogP contribution in [0.4, 0.5) is 17.1 Å². The molecule has 0 aliphatic heterocycles. The van der Waals surface area contributed by atoms with Crippen molar-refractivity contribution in [3.8, 4) is 27.9 Å². The molecule has 10 aromatic carbocycles. The number of para-hydroxylation sites is 2. The summed E-state index contributed by atoms with van der Waals surface area (Å²) in [5, 5.41) is 12.3. The summed E-state index contributed by atoms with van der Waals surface area (Å²) in [6.45, 7) is 0. The largest absolute Gasteiger partial charge is 0.456 e. The number of nitrogens with zero attached hydrogens (tertiary/aromatic N) is 2. The molecule has 0 spiro atoms. The van der Waals surface area contributed by atoms with Crippen LogP contribution in [0.2, 0.25) is 0 Å². The van der Waals surface area contributed by atoms with Crippen LogP contribution < -0.4 is 4.90 Å². The molecule has 0 radical (unpaired) electrons.